The molecule has 39 heavy (non-hydrogen) atoms. The van der Waals surface area contributed by atoms with Gasteiger partial charge in [0.25, 0.3) is 0 Å². The minimum absolute atomic E-state index is 0.0790. The maximum atomic E-state index is 12.1. The van der Waals surface area contributed by atoms with Gasteiger partial charge in [0.2, 0.25) is 5.91 Å². The van der Waals surface area contributed by atoms with E-state index in [1.54, 1.807) is 13.3 Å². The summed E-state index contributed by atoms with van der Waals surface area (Å²) in [6.07, 6.45) is 4.06. The summed E-state index contributed by atoms with van der Waals surface area (Å²) < 4.78 is 7.84. The molecule has 1 fully saturated rings. The number of nitrogens with zero attached hydrogens (tertiary/aromatic N) is 4. The lowest BCUT2D eigenvalue weighted by Crippen LogP contribution is -2.29. The Balaban J connectivity index is 1.64. The van der Waals surface area contributed by atoms with E-state index >= 15 is 0 Å². The Morgan fingerprint density at radius 1 is 1.10 bits per heavy atom. The number of hydrogen-bond donors (Lipinski definition) is 2. The van der Waals surface area contributed by atoms with Crippen LogP contribution in [-0.2, 0) is 4.79 Å². The first kappa shape index (κ1) is 26.4. The number of pyridine rings is 2. The van der Waals surface area contributed by atoms with E-state index in [9.17, 15) is 4.79 Å². The van der Waals surface area contributed by atoms with Crippen molar-refractivity contribution in [3.05, 3.63) is 95.2 Å². The van der Waals surface area contributed by atoms with Crippen molar-refractivity contribution in [3.8, 4) is 11.6 Å². The van der Waals surface area contributed by atoms with Gasteiger partial charge in [-0.1, -0.05) is 19.1 Å². The molecule has 0 aliphatic carbocycles. The van der Waals surface area contributed by atoms with Crippen molar-refractivity contribution in [1.29, 1.82) is 0 Å². The zero-order valence-corrected chi connectivity index (χ0v) is 23.5. The highest BCUT2D eigenvalue weighted by Crippen LogP contribution is 2.45. The molecule has 1 aliphatic heterocycles. The minimum atomic E-state index is -0.196. The second-order valence-electron chi connectivity index (χ2n) is 9.64. The highest BCUT2D eigenvalue weighted by molar-refractivity contribution is 7.80. The summed E-state index contributed by atoms with van der Waals surface area (Å²) in [5, 5.41) is 7.02. The van der Waals surface area contributed by atoms with E-state index in [0.717, 1.165) is 39.7 Å². The second-order valence-corrected chi connectivity index (χ2v) is 10.0. The van der Waals surface area contributed by atoms with Gasteiger partial charge in [-0.2, -0.15) is 0 Å². The molecule has 1 saturated heterocycles. The van der Waals surface area contributed by atoms with E-state index < -0.39 is 0 Å². The molecule has 3 aromatic heterocycles. The molecule has 1 amide bonds. The first-order chi connectivity index (χ1) is 18.8. The van der Waals surface area contributed by atoms with Gasteiger partial charge < -0.3 is 24.8 Å². The Morgan fingerprint density at radius 2 is 1.92 bits per heavy atom. The van der Waals surface area contributed by atoms with Crippen LogP contribution in [0.5, 0.6) is 5.75 Å². The third-order valence-electron chi connectivity index (χ3n) is 7.07. The molecule has 4 heterocycles. The average molecular weight is 541 g/mol. The van der Waals surface area contributed by atoms with Crippen LogP contribution in [0, 0.1) is 20.8 Å². The van der Waals surface area contributed by atoms with E-state index in [1.807, 2.05) is 62.5 Å². The van der Waals surface area contributed by atoms with Crippen LogP contribution in [0.3, 0.4) is 0 Å². The lowest BCUT2D eigenvalue weighted by Gasteiger charge is -2.28. The number of amides is 1. The van der Waals surface area contributed by atoms with Gasteiger partial charge in [-0.25, -0.2) is 4.98 Å². The second kappa shape index (κ2) is 10.9. The van der Waals surface area contributed by atoms with E-state index in [-0.39, 0.29) is 18.0 Å². The number of ether oxygens (including phenoxy) is 1. The van der Waals surface area contributed by atoms with Crippen LogP contribution in [0.1, 0.15) is 53.6 Å². The number of hydrogen-bond acceptors (Lipinski definition) is 5. The van der Waals surface area contributed by atoms with Crippen LogP contribution in [0.25, 0.3) is 5.82 Å². The van der Waals surface area contributed by atoms with Crippen molar-refractivity contribution in [2.24, 2.45) is 0 Å². The van der Waals surface area contributed by atoms with Crippen LogP contribution < -0.4 is 20.3 Å². The summed E-state index contributed by atoms with van der Waals surface area (Å²) in [7, 11) is 1.59. The topological polar surface area (TPSA) is 84.3 Å². The summed E-state index contributed by atoms with van der Waals surface area (Å²) in [4.78, 5) is 23.5. The number of rotatable bonds is 7. The number of carbonyl (C=O) groups excluding carboxylic acids is 1. The molecule has 0 spiro atoms. The first-order valence-corrected chi connectivity index (χ1v) is 13.3. The van der Waals surface area contributed by atoms with Crippen molar-refractivity contribution in [1.82, 2.24) is 19.9 Å². The highest BCUT2D eigenvalue weighted by Gasteiger charge is 2.42. The Hall–Kier alpha value is -4.24. The molecule has 2 N–H and O–H groups in total. The molecular weight excluding hydrogens is 508 g/mol. The Kier molecular flexibility index (Phi) is 7.34. The number of thiocarbonyl (C=S) groups is 1. The summed E-state index contributed by atoms with van der Waals surface area (Å²) in [5.74, 6) is 1.35. The fourth-order valence-corrected chi connectivity index (χ4v) is 5.50. The number of aromatic nitrogens is 3. The SMILES string of the molecule is CCC(=O)Nc1ccc(N2C(=S)NC(c3ccccn3)C2c2cc(C)n(-c3ccc(C)cn3)c2C)cc1OC. The number of aryl methyl sites for hydroxylation is 2. The van der Waals surface area contributed by atoms with Crippen molar-refractivity contribution < 1.29 is 9.53 Å². The Bertz CT molecular complexity index is 1520. The van der Waals surface area contributed by atoms with E-state index in [0.29, 0.717) is 23.0 Å². The number of anilines is 2. The van der Waals surface area contributed by atoms with Crippen LogP contribution in [-0.4, -0.2) is 32.7 Å². The summed E-state index contributed by atoms with van der Waals surface area (Å²) in [5.41, 5.74) is 6.73. The summed E-state index contributed by atoms with van der Waals surface area (Å²) in [6.45, 7) is 8.05. The Labute approximate surface area is 234 Å². The molecule has 0 bridgehead atoms. The zero-order chi connectivity index (χ0) is 27.7. The molecule has 0 saturated carbocycles. The number of carbonyl (C=O) groups is 1. The van der Waals surface area contributed by atoms with Gasteiger partial charge in [0.15, 0.2) is 5.11 Å². The molecule has 200 valence electrons. The van der Waals surface area contributed by atoms with Gasteiger partial charge in [0.05, 0.1) is 30.6 Å². The molecule has 1 aliphatic rings. The van der Waals surface area contributed by atoms with Gasteiger partial charge >= 0.3 is 0 Å². The maximum absolute atomic E-state index is 12.1. The molecular formula is C30H32N6O2S. The van der Waals surface area contributed by atoms with E-state index in [4.69, 9.17) is 17.0 Å². The lowest BCUT2D eigenvalue weighted by molar-refractivity contribution is -0.115. The van der Waals surface area contributed by atoms with Crippen LogP contribution in [0.15, 0.2) is 67.0 Å². The van der Waals surface area contributed by atoms with Gasteiger partial charge in [-0.15, -0.1) is 0 Å². The molecule has 9 heteroatoms. The van der Waals surface area contributed by atoms with Crippen LogP contribution in [0.4, 0.5) is 11.4 Å². The minimum Gasteiger partial charge on any atom is -0.494 e. The molecule has 4 aromatic rings. The zero-order valence-electron chi connectivity index (χ0n) is 22.7. The van der Waals surface area contributed by atoms with Crippen molar-refractivity contribution >= 4 is 34.6 Å². The molecule has 2 atom stereocenters. The number of methoxy groups -OCH3 is 1. The number of nitrogens with one attached hydrogen (secondary N) is 2. The fraction of sp³-hybridized carbons (Fsp3) is 0.267. The quantitative estimate of drug-likeness (QED) is 0.290. The fourth-order valence-electron chi connectivity index (χ4n) is 5.15. The summed E-state index contributed by atoms with van der Waals surface area (Å²) in [6, 6.07) is 17.6. The van der Waals surface area contributed by atoms with Crippen LogP contribution in [0.2, 0.25) is 0 Å². The monoisotopic (exact) mass is 540 g/mol. The first-order valence-electron chi connectivity index (χ1n) is 12.9. The maximum Gasteiger partial charge on any atom is 0.224 e. The summed E-state index contributed by atoms with van der Waals surface area (Å²) >= 11 is 5.93. The number of benzene rings is 1. The molecule has 8 nitrogen and oxygen atoms in total. The van der Waals surface area contributed by atoms with Gasteiger partial charge in [0, 0.05) is 42.0 Å². The van der Waals surface area contributed by atoms with Crippen molar-refractivity contribution in [2.75, 3.05) is 17.3 Å². The van der Waals surface area contributed by atoms with Gasteiger partial charge in [-0.05, 0) is 80.5 Å². The molecule has 5 rings (SSSR count). The highest BCUT2D eigenvalue weighted by atomic mass is 32.1. The van der Waals surface area contributed by atoms with Crippen LogP contribution >= 0.6 is 12.2 Å². The molecule has 1 aromatic carbocycles. The lowest BCUT2D eigenvalue weighted by atomic mass is 9.96. The third kappa shape index (κ3) is 4.97. The average Bonchev–Trinajstić information content (AvgIpc) is 3.44. The molecule has 2 unspecified atom stereocenters. The van der Waals surface area contributed by atoms with Crippen molar-refractivity contribution in [2.45, 2.75) is 46.2 Å². The molecule has 0 radical (unpaired) electrons. The largest absolute Gasteiger partial charge is 0.494 e. The van der Waals surface area contributed by atoms with E-state index in [1.165, 1.54) is 0 Å². The Morgan fingerprint density at radius 3 is 2.59 bits per heavy atom. The predicted octanol–water partition coefficient (Wildman–Crippen LogP) is 5.73. The van der Waals surface area contributed by atoms with Gasteiger partial charge in [-0.3, -0.25) is 9.78 Å². The van der Waals surface area contributed by atoms with Gasteiger partial charge in [0.1, 0.15) is 11.6 Å². The third-order valence-corrected chi connectivity index (χ3v) is 7.38. The van der Waals surface area contributed by atoms with Crippen molar-refractivity contribution in [3.63, 3.8) is 0 Å². The normalized spacial score (nSPS) is 16.7. The standard InChI is InChI=1S/C30H32N6O2S/c1-6-27(37)33-23-12-11-21(16-25(23)38-5)36-29(28(34-30(36)39)24-9-7-8-14-31-24)22-15-19(3)35(20(22)4)26-13-10-18(2)17-32-26/h7-17,28-29H,6H2,1-5H3,(H,33,37)(H,34,39). The van der Waals surface area contributed by atoms with E-state index in [2.05, 4.69) is 56.0 Å². The predicted molar refractivity (Wildman–Crippen MR) is 158 cm³/mol. The smallest absolute Gasteiger partial charge is 0.224 e.